The SMILES string of the molecule is CCN(CC)c1ccccc1.F[B-](F)(F)F.O=C(C(=O)c1ccccc1)c1ccccc1. The first-order valence-electron chi connectivity index (χ1n) is 10.0. The van der Waals surface area contributed by atoms with Crippen molar-refractivity contribution in [1.82, 2.24) is 0 Å². The second-order valence-electron chi connectivity index (χ2n) is 6.39. The van der Waals surface area contributed by atoms with Gasteiger partial charge in [0.25, 0.3) is 0 Å². The van der Waals surface area contributed by atoms with Gasteiger partial charge in [-0.25, -0.2) is 0 Å². The third kappa shape index (κ3) is 10.6. The molecule has 0 heterocycles. The van der Waals surface area contributed by atoms with E-state index >= 15 is 0 Å². The summed E-state index contributed by atoms with van der Waals surface area (Å²) in [7, 11) is -6.00. The topological polar surface area (TPSA) is 37.4 Å². The molecule has 0 aromatic heterocycles. The van der Waals surface area contributed by atoms with Crippen LogP contribution in [0.3, 0.4) is 0 Å². The lowest BCUT2D eigenvalue weighted by Gasteiger charge is -2.20. The molecule has 0 saturated carbocycles. The molecule has 170 valence electrons. The van der Waals surface area contributed by atoms with Gasteiger partial charge in [0.15, 0.2) is 0 Å². The van der Waals surface area contributed by atoms with Gasteiger partial charge >= 0.3 is 7.25 Å². The molecule has 0 bridgehead atoms. The molecule has 0 unspecified atom stereocenters. The van der Waals surface area contributed by atoms with Crippen molar-refractivity contribution < 1.29 is 26.9 Å². The Kier molecular flexibility index (Phi) is 11.5. The molecule has 0 saturated heterocycles. The van der Waals surface area contributed by atoms with Crippen molar-refractivity contribution in [3.63, 3.8) is 0 Å². The van der Waals surface area contributed by atoms with Crippen LogP contribution in [0.4, 0.5) is 23.0 Å². The summed E-state index contributed by atoms with van der Waals surface area (Å²) in [5, 5.41) is 0. The summed E-state index contributed by atoms with van der Waals surface area (Å²) in [4.78, 5) is 25.9. The zero-order valence-electron chi connectivity index (χ0n) is 17.9. The third-order valence-electron chi connectivity index (χ3n) is 4.16. The summed E-state index contributed by atoms with van der Waals surface area (Å²) in [5.74, 6) is -0.932. The Balaban J connectivity index is 0.000000278. The van der Waals surface area contributed by atoms with Gasteiger partial charge in [-0.15, -0.1) is 0 Å². The van der Waals surface area contributed by atoms with Crippen molar-refractivity contribution in [2.45, 2.75) is 13.8 Å². The fraction of sp³-hybridized carbons (Fsp3) is 0.167. The number of benzene rings is 3. The first-order chi connectivity index (χ1) is 15.2. The van der Waals surface area contributed by atoms with Gasteiger partial charge in [-0.1, -0.05) is 78.9 Å². The predicted octanol–water partition coefficient (Wildman–Crippen LogP) is 6.59. The number of para-hydroxylation sites is 1. The Morgan fingerprint density at radius 3 is 1.19 bits per heavy atom. The minimum atomic E-state index is -6.00. The monoisotopic (exact) mass is 446 g/mol. The molecule has 3 rings (SSSR count). The molecule has 0 aliphatic carbocycles. The molecule has 0 atom stereocenters. The molecule has 0 spiro atoms. The molecule has 0 amide bonds. The van der Waals surface area contributed by atoms with E-state index in [1.165, 1.54) is 5.69 Å². The molecule has 3 aromatic carbocycles. The van der Waals surface area contributed by atoms with Crippen LogP contribution >= 0.6 is 0 Å². The van der Waals surface area contributed by atoms with Crippen LogP contribution in [0.25, 0.3) is 0 Å². The van der Waals surface area contributed by atoms with Gasteiger partial charge in [0.05, 0.1) is 0 Å². The van der Waals surface area contributed by atoms with E-state index in [0.29, 0.717) is 11.1 Å². The summed E-state index contributed by atoms with van der Waals surface area (Å²) < 4.78 is 39.0. The first-order valence-corrected chi connectivity index (χ1v) is 10.0. The second-order valence-corrected chi connectivity index (χ2v) is 6.39. The molecule has 0 aliphatic rings. The van der Waals surface area contributed by atoms with Crippen molar-refractivity contribution in [3.8, 4) is 0 Å². The highest BCUT2D eigenvalue weighted by molar-refractivity contribution is 6.50. The molecule has 3 nitrogen and oxygen atoms in total. The van der Waals surface area contributed by atoms with E-state index in [9.17, 15) is 26.9 Å². The van der Waals surface area contributed by atoms with Gasteiger partial charge in [-0.2, -0.15) is 0 Å². The van der Waals surface area contributed by atoms with Crippen molar-refractivity contribution in [2.24, 2.45) is 0 Å². The highest BCUT2D eigenvalue weighted by atomic mass is 19.5. The van der Waals surface area contributed by atoms with E-state index in [1.54, 1.807) is 48.5 Å². The van der Waals surface area contributed by atoms with Crippen LogP contribution in [-0.2, 0) is 0 Å². The Morgan fingerprint density at radius 1 is 0.625 bits per heavy atom. The highest BCUT2D eigenvalue weighted by Gasteiger charge is 2.20. The van der Waals surface area contributed by atoms with Crippen molar-refractivity contribution >= 4 is 24.5 Å². The highest BCUT2D eigenvalue weighted by Crippen LogP contribution is 2.11. The molecule has 32 heavy (non-hydrogen) atoms. The number of halogens is 4. The van der Waals surface area contributed by atoms with Crippen LogP contribution in [0.1, 0.15) is 34.6 Å². The normalized spacial score (nSPS) is 10.1. The zero-order chi connectivity index (χ0) is 24.0. The maximum absolute atomic E-state index is 11.8. The van der Waals surface area contributed by atoms with E-state index in [2.05, 4.69) is 43.0 Å². The van der Waals surface area contributed by atoms with Crippen molar-refractivity contribution in [3.05, 3.63) is 102 Å². The number of ketones is 2. The summed E-state index contributed by atoms with van der Waals surface area (Å²) in [5.41, 5.74) is 2.17. The lowest BCUT2D eigenvalue weighted by molar-refractivity contribution is 0.0817. The first kappa shape index (κ1) is 26.6. The molecule has 8 heteroatoms. The van der Waals surface area contributed by atoms with Gasteiger partial charge in [-0.05, 0) is 26.0 Å². The van der Waals surface area contributed by atoms with Crippen LogP contribution in [0.15, 0.2) is 91.0 Å². The second kappa shape index (κ2) is 13.8. The summed E-state index contributed by atoms with van der Waals surface area (Å²) >= 11 is 0. The smallest absolute Gasteiger partial charge is 0.418 e. The van der Waals surface area contributed by atoms with Crippen LogP contribution in [0.2, 0.25) is 0 Å². The third-order valence-corrected chi connectivity index (χ3v) is 4.16. The number of hydrogen-bond donors (Lipinski definition) is 0. The number of carbonyl (C=O) groups is 2. The molecule has 0 radical (unpaired) electrons. The zero-order valence-corrected chi connectivity index (χ0v) is 17.9. The quantitative estimate of drug-likeness (QED) is 0.186. The van der Waals surface area contributed by atoms with Gasteiger partial charge < -0.3 is 22.2 Å². The molecule has 3 aromatic rings. The van der Waals surface area contributed by atoms with Crippen molar-refractivity contribution in [1.29, 1.82) is 0 Å². The number of rotatable bonds is 6. The molecular formula is C24H25BF4NO2-. The van der Waals surface area contributed by atoms with Gasteiger partial charge in [0.1, 0.15) is 0 Å². The summed E-state index contributed by atoms with van der Waals surface area (Å²) in [6.45, 7) is 6.52. The number of carbonyl (C=O) groups excluding carboxylic acids is 2. The molecule has 0 N–H and O–H groups in total. The average molecular weight is 446 g/mol. The lowest BCUT2D eigenvalue weighted by Crippen LogP contribution is -2.21. The van der Waals surface area contributed by atoms with Gasteiger partial charge in [0, 0.05) is 29.9 Å². The van der Waals surface area contributed by atoms with Crippen molar-refractivity contribution in [2.75, 3.05) is 18.0 Å². The van der Waals surface area contributed by atoms with E-state index in [4.69, 9.17) is 0 Å². The number of Topliss-reactive ketones (excluding diaryl/α,β-unsaturated/α-hetero) is 2. The van der Waals surface area contributed by atoms with E-state index in [1.807, 2.05) is 18.2 Å². The fourth-order valence-electron chi connectivity index (χ4n) is 2.67. The maximum atomic E-state index is 11.8. The Hall–Kier alpha value is -3.42. The number of anilines is 1. The minimum Gasteiger partial charge on any atom is -0.418 e. The fourth-order valence-corrected chi connectivity index (χ4v) is 2.67. The van der Waals surface area contributed by atoms with Crippen LogP contribution in [0.5, 0.6) is 0 Å². The molecule has 0 fully saturated rings. The van der Waals surface area contributed by atoms with E-state index < -0.39 is 18.8 Å². The maximum Gasteiger partial charge on any atom is 0.673 e. The molecule has 0 aliphatic heterocycles. The Morgan fingerprint density at radius 2 is 0.906 bits per heavy atom. The number of nitrogens with zero attached hydrogens (tertiary/aromatic N) is 1. The lowest BCUT2D eigenvalue weighted by atomic mass is 10.0. The van der Waals surface area contributed by atoms with Gasteiger partial charge in [-0.3, -0.25) is 9.59 Å². The summed E-state index contributed by atoms with van der Waals surface area (Å²) in [6.07, 6.45) is 0. The van der Waals surface area contributed by atoms with Gasteiger partial charge in [0.2, 0.25) is 11.6 Å². The summed E-state index contributed by atoms with van der Waals surface area (Å²) in [6, 6.07) is 27.6. The Labute approximate surface area is 185 Å². The standard InChI is InChI=1S/C14H10O2.C10H15N.BF4/c15-13(11-7-3-1-4-8-11)14(16)12-9-5-2-6-10-12;1-3-11(4-2)10-8-6-5-7-9-10;2-1(3,4)5/h1-10H;5-9H,3-4H2,1-2H3;/q;;-1. The molecular weight excluding hydrogens is 421 g/mol. The van der Waals surface area contributed by atoms with E-state index in [0.717, 1.165) is 13.1 Å². The average Bonchev–Trinajstić information content (AvgIpc) is 2.80. The Bertz CT molecular complexity index is 877. The predicted molar refractivity (Wildman–Crippen MR) is 122 cm³/mol. The minimum absolute atomic E-state index is 0.427. The van der Waals surface area contributed by atoms with Crippen LogP contribution in [0, 0.1) is 0 Å². The van der Waals surface area contributed by atoms with Crippen LogP contribution < -0.4 is 4.90 Å². The largest absolute Gasteiger partial charge is 0.673 e. The number of hydrogen-bond acceptors (Lipinski definition) is 3. The van der Waals surface area contributed by atoms with E-state index in [-0.39, 0.29) is 0 Å². The van der Waals surface area contributed by atoms with Crippen LogP contribution in [-0.4, -0.2) is 31.9 Å².